The first-order valence-corrected chi connectivity index (χ1v) is 8.26. The first-order valence-electron chi connectivity index (χ1n) is 8.26. The van der Waals surface area contributed by atoms with E-state index in [0.717, 1.165) is 19.3 Å². The molecule has 1 aliphatic carbocycles. The van der Waals surface area contributed by atoms with Crippen LogP contribution in [0, 0.1) is 5.92 Å². The molecule has 1 atom stereocenters. The van der Waals surface area contributed by atoms with Gasteiger partial charge in [0.25, 0.3) is 0 Å². The van der Waals surface area contributed by atoms with Gasteiger partial charge in [-0.15, -0.1) is 0 Å². The van der Waals surface area contributed by atoms with Crippen LogP contribution in [0.1, 0.15) is 50.5 Å². The van der Waals surface area contributed by atoms with E-state index in [2.05, 4.69) is 29.7 Å². The number of benzene rings is 1. The van der Waals surface area contributed by atoms with Crippen molar-refractivity contribution in [2.75, 3.05) is 13.1 Å². The predicted molar refractivity (Wildman–Crippen MR) is 87.5 cm³/mol. The summed E-state index contributed by atoms with van der Waals surface area (Å²) in [4.78, 5) is 23.1. The van der Waals surface area contributed by atoms with Crippen LogP contribution in [0.15, 0.2) is 30.3 Å². The second-order valence-electron chi connectivity index (χ2n) is 6.12. The standard InChI is InChI=1S/C18H26N2O2/c1-14(15-6-3-2-4-7-15)11-13-19-17(21)8-5-12-20-18(22)16-9-10-16/h2-4,6-7,14,16H,5,8-13H2,1H3,(H,19,21)(H,20,22)/t14-/m0/s1. The third-order valence-corrected chi connectivity index (χ3v) is 4.10. The van der Waals surface area contributed by atoms with Crippen LogP contribution in [-0.2, 0) is 9.59 Å². The summed E-state index contributed by atoms with van der Waals surface area (Å²) in [6.07, 6.45) is 4.16. The Bertz CT molecular complexity index is 483. The van der Waals surface area contributed by atoms with Gasteiger partial charge >= 0.3 is 0 Å². The zero-order valence-corrected chi connectivity index (χ0v) is 13.3. The van der Waals surface area contributed by atoms with Crippen molar-refractivity contribution in [2.24, 2.45) is 5.92 Å². The fourth-order valence-electron chi connectivity index (χ4n) is 2.42. The highest BCUT2D eigenvalue weighted by Crippen LogP contribution is 2.28. The number of rotatable bonds is 9. The number of hydrogen-bond donors (Lipinski definition) is 2. The molecule has 1 fully saturated rings. The lowest BCUT2D eigenvalue weighted by atomic mass is 9.98. The van der Waals surface area contributed by atoms with Gasteiger partial charge in [0, 0.05) is 25.4 Å². The number of carbonyl (C=O) groups excluding carboxylic acids is 2. The topological polar surface area (TPSA) is 58.2 Å². The minimum atomic E-state index is 0.0703. The zero-order valence-electron chi connectivity index (χ0n) is 13.3. The molecule has 0 unspecified atom stereocenters. The first-order chi connectivity index (χ1) is 10.7. The molecule has 0 saturated heterocycles. The molecule has 0 heterocycles. The highest BCUT2D eigenvalue weighted by molar-refractivity contribution is 5.81. The summed E-state index contributed by atoms with van der Waals surface area (Å²) in [6.45, 7) is 3.47. The van der Waals surface area contributed by atoms with Crippen LogP contribution in [0.4, 0.5) is 0 Å². The van der Waals surface area contributed by atoms with Gasteiger partial charge in [-0.1, -0.05) is 37.3 Å². The summed E-state index contributed by atoms with van der Waals surface area (Å²) >= 11 is 0. The molecule has 4 heteroatoms. The lowest BCUT2D eigenvalue weighted by Crippen LogP contribution is -2.29. The largest absolute Gasteiger partial charge is 0.356 e. The average Bonchev–Trinajstić information content (AvgIpc) is 3.37. The van der Waals surface area contributed by atoms with E-state index in [1.165, 1.54) is 5.56 Å². The minimum absolute atomic E-state index is 0.0703. The van der Waals surface area contributed by atoms with Gasteiger partial charge < -0.3 is 10.6 Å². The lowest BCUT2D eigenvalue weighted by Gasteiger charge is -2.12. The lowest BCUT2D eigenvalue weighted by molar-refractivity contribution is -0.123. The summed E-state index contributed by atoms with van der Waals surface area (Å²) in [5.74, 6) is 0.908. The third kappa shape index (κ3) is 5.88. The van der Waals surface area contributed by atoms with Crippen molar-refractivity contribution >= 4 is 11.8 Å². The van der Waals surface area contributed by atoms with Crippen LogP contribution in [-0.4, -0.2) is 24.9 Å². The van der Waals surface area contributed by atoms with Crippen molar-refractivity contribution in [3.05, 3.63) is 35.9 Å². The molecule has 22 heavy (non-hydrogen) atoms. The van der Waals surface area contributed by atoms with Crippen molar-refractivity contribution in [1.82, 2.24) is 10.6 Å². The van der Waals surface area contributed by atoms with Gasteiger partial charge in [0.15, 0.2) is 0 Å². The molecule has 2 N–H and O–H groups in total. The van der Waals surface area contributed by atoms with Crippen molar-refractivity contribution < 1.29 is 9.59 Å². The molecule has 2 rings (SSSR count). The first kappa shape index (κ1) is 16.5. The van der Waals surface area contributed by atoms with Crippen LogP contribution < -0.4 is 10.6 Å². The molecule has 1 saturated carbocycles. The van der Waals surface area contributed by atoms with E-state index in [9.17, 15) is 9.59 Å². The van der Waals surface area contributed by atoms with Gasteiger partial charge in [-0.2, -0.15) is 0 Å². The maximum absolute atomic E-state index is 11.7. The second-order valence-corrected chi connectivity index (χ2v) is 6.12. The number of carbonyl (C=O) groups is 2. The van der Waals surface area contributed by atoms with E-state index >= 15 is 0 Å². The Balaban J connectivity index is 1.51. The Morgan fingerprint density at radius 1 is 1.14 bits per heavy atom. The van der Waals surface area contributed by atoms with Crippen LogP contribution in [0.5, 0.6) is 0 Å². The third-order valence-electron chi connectivity index (χ3n) is 4.10. The van der Waals surface area contributed by atoms with Crippen LogP contribution in [0.3, 0.4) is 0 Å². The molecular formula is C18H26N2O2. The highest BCUT2D eigenvalue weighted by Gasteiger charge is 2.28. The molecular weight excluding hydrogens is 276 g/mol. The minimum Gasteiger partial charge on any atom is -0.356 e. The quantitative estimate of drug-likeness (QED) is 0.689. The summed E-state index contributed by atoms with van der Waals surface area (Å²) in [5.41, 5.74) is 1.31. The molecule has 2 amide bonds. The van der Waals surface area contributed by atoms with Crippen molar-refractivity contribution in [3.8, 4) is 0 Å². The summed E-state index contributed by atoms with van der Waals surface area (Å²) < 4.78 is 0. The fourth-order valence-corrected chi connectivity index (χ4v) is 2.42. The highest BCUT2D eigenvalue weighted by atomic mass is 16.2. The second kappa shape index (κ2) is 8.57. The monoisotopic (exact) mass is 302 g/mol. The summed E-state index contributed by atoms with van der Waals surface area (Å²) in [6, 6.07) is 10.3. The number of amides is 2. The van der Waals surface area contributed by atoms with Gasteiger partial charge in [-0.05, 0) is 37.2 Å². The molecule has 1 aromatic carbocycles. The normalized spacial score (nSPS) is 15.1. The van der Waals surface area contributed by atoms with Gasteiger partial charge in [-0.3, -0.25) is 9.59 Å². The molecule has 120 valence electrons. The maximum Gasteiger partial charge on any atom is 0.223 e. The molecule has 1 aliphatic rings. The predicted octanol–water partition coefficient (Wildman–Crippen LogP) is 2.60. The molecule has 0 bridgehead atoms. The molecule has 4 nitrogen and oxygen atoms in total. The van der Waals surface area contributed by atoms with E-state index in [1.54, 1.807) is 0 Å². The Morgan fingerprint density at radius 3 is 2.55 bits per heavy atom. The van der Waals surface area contributed by atoms with Crippen molar-refractivity contribution in [1.29, 1.82) is 0 Å². The average molecular weight is 302 g/mol. The Kier molecular flexibility index (Phi) is 6.44. The van der Waals surface area contributed by atoms with Gasteiger partial charge in [0.2, 0.25) is 11.8 Å². The maximum atomic E-state index is 11.7. The van der Waals surface area contributed by atoms with Gasteiger partial charge in [-0.25, -0.2) is 0 Å². The van der Waals surface area contributed by atoms with E-state index in [0.29, 0.717) is 31.8 Å². The van der Waals surface area contributed by atoms with Crippen molar-refractivity contribution in [3.63, 3.8) is 0 Å². The molecule has 0 radical (unpaired) electrons. The van der Waals surface area contributed by atoms with E-state index in [1.807, 2.05) is 18.2 Å². The SMILES string of the molecule is C[C@@H](CCNC(=O)CCCNC(=O)C1CC1)c1ccccc1. The Hall–Kier alpha value is -1.84. The summed E-state index contributed by atoms with van der Waals surface area (Å²) in [7, 11) is 0. The Morgan fingerprint density at radius 2 is 1.86 bits per heavy atom. The van der Waals surface area contributed by atoms with Gasteiger partial charge in [0.05, 0.1) is 0 Å². The number of nitrogens with one attached hydrogen (secondary N) is 2. The van der Waals surface area contributed by atoms with Crippen LogP contribution >= 0.6 is 0 Å². The van der Waals surface area contributed by atoms with Gasteiger partial charge in [0.1, 0.15) is 0 Å². The smallest absolute Gasteiger partial charge is 0.223 e. The molecule has 0 spiro atoms. The summed E-state index contributed by atoms with van der Waals surface area (Å²) in [5, 5.41) is 5.83. The fraction of sp³-hybridized carbons (Fsp3) is 0.556. The van der Waals surface area contributed by atoms with Crippen LogP contribution in [0.25, 0.3) is 0 Å². The zero-order chi connectivity index (χ0) is 15.8. The number of hydrogen-bond acceptors (Lipinski definition) is 2. The molecule has 0 aromatic heterocycles. The Labute approximate surface area is 132 Å². The van der Waals surface area contributed by atoms with E-state index < -0.39 is 0 Å². The van der Waals surface area contributed by atoms with E-state index in [4.69, 9.17) is 0 Å². The van der Waals surface area contributed by atoms with Crippen LogP contribution in [0.2, 0.25) is 0 Å². The molecule has 0 aliphatic heterocycles. The van der Waals surface area contributed by atoms with E-state index in [-0.39, 0.29) is 17.7 Å². The van der Waals surface area contributed by atoms with Crippen molar-refractivity contribution in [2.45, 2.75) is 44.9 Å². The molecule has 1 aromatic rings.